The van der Waals surface area contributed by atoms with E-state index in [-0.39, 0.29) is 24.0 Å². The van der Waals surface area contributed by atoms with Crippen LogP contribution in [0.2, 0.25) is 0 Å². The van der Waals surface area contributed by atoms with Gasteiger partial charge in [-0.3, -0.25) is 29.4 Å². The Bertz CT molecular complexity index is 2010. The molecule has 1 saturated heterocycles. The number of hydrogen-bond acceptors (Lipinski definition) is 13. The van der Waals surface area contributed by atoms with Gasteiger partial charge in [0.1, 0.15) is 11.9 Å². The van der Waals surface area contributed by atoms with Gasteiger partial charge in [-0.15, -0.1) is 5.10 Å². The Morgan fingerprint density at radius 2 is 1.78 bits per heavy atom. The van der Waals surface area contributed by atoms with E-state index < -0.39 is 29.7 Å². The molecule has 1 unspecified atom stereocenters. The molecule has 4 amide bonds. The molecule has 4 N–H and O–H groups in total. The summed E-state index contributed by atoms with van der Waals surface area (Å²) in [5.74, 6) is -0.703. The van der Waals surface area contributed by atoms with Crippen LogP contribution < -0.4 is 21.3 Å². The Labute approximate surface area is 318 Å². The minimum atomic E-state index is -1.01. The second-order valence-corrected chi connectivity index (χ2v) is 14.2. The predicted molar refractivity (Wildman–Crippen MR) is 201 cm³/mol. The summed E-state index contributed by atoms with van der Waals surface area (Å²) in [6.45, 7) is 7.62. The quantitative estimate of drug-likeness (QED) is 0.0806. The Morgan fingerprint density at radius 1 is 0.964 bits per heavy atom. The van der Waals surface area contributed by atoms with E-state index in [1.165, 1.54) is 0 Å². The predicted octanol–water partition coefficient (Wildman–Crippen LogP) is 2.89. The third kappa shape index (κ3) is 8.68. The molecule has 3 aliphatic rings. The number of nitrogens with one attached hydrogen (secondary N) is 4. The van der Waals surface area contributed by atoms with Gasteiger partial charge in [-0.05, 0) is 50.7 Å². The highest BCUT2D eigenvalue weighted by atomic mass is 16.5. The zero-order chi connectivity index (χ0) is 38.3. The van der Waals surface area contributed by atoms with Crippen molar-refractivity contribution >= 4 is 40.8 Å². The smallest absolute Gasteiger partial charge is 0.264 e. The Hall–Kier alpha value is -5.26. The van der Waals surface area contributed by atoms with Gasteiger partial charge in [-0.2, -0.15) is 9.61 Å². The van der Waals surface area contributed by atoms with Crippen molar-refractivity contribution in [1.82, 2.24) is 45.1 Å². The lowest BCUT2D eigenvalue weighted by Gasteiger charge is -2.27. The molecule has 17 heteroatoms. The molecule has 0 spiro atoms. The molecule has 292 valence electrons. The summed E-state index contributed by atoms with van der Waals surface area (Å²) in [5.41, 5.74) is 3.81. The van der Waals surface area contributed by atoms with Crippen LogP contribution in [-0.2, 0) is 32.2 Å². The van der Waals surface area contributed by atoms with Gasteiger partial charge in [0.2, 0.25) is 11.8 Å². The fourth-order valence-electron chi connectivity index (χ4n) is 7.64. The lowest BCUT2D eigenvalue weighted by atomic mass is 9.99. The molecule has 17 nitrogen and oxygen atoms in total. The normalized spacial score (nSPS) is 19.8. The van der Waals surface area contributed by atoms with Crippen LogP contribution in [0.15, 0.2) is 42.7 Å². The number of ether oxygens (including phenoxy) is 2. The fraction of sp³-hybridized carbons (Fsp3) is 0.526. The van der Waals surface area contributed by atoms with Gasteiger partial charge >= 0.3 is 0 Å². The average Bonchev–Trinajstić information content (AvgIpc) is 3.99. The van der Waals surface area contributed by atoms with Crippen molar-refractivity contribution in [2.45, 2.75) is 95.9 Å². The second kappa shape index (κ2) is 17.5. The maximum atomic E-state index is 13.2. The van der Waals surface area contributed by atoms with Crippen molar-refractivity contribution in [2.75, 3.05) is 43.6 Å². The van der Waals surface area contributed by atoms with E-state index >= 15 is 0 Å². The van der Waals surface area contributed by atoms with E-state index in [4.69, 9.17) is 14.5 Å². The number of rotatable bonds is 19. The first-order valence-corrected chi connectivity index (χ1v) is 19.3. The van der Waals surface area contributed by atoms with E-state index in [1.807, 2.05) is 16.8 Å². The highest BCUT2D eigenvalue weighted by Crippen LogP contribution is 2.32. The van der Waals surface area contributed by atoms with E-state index in [0.29, 0.717) is 69.8 Å². The van der Waals surface area contributed by atoms with Gasteiger partial charge in [0, 0.05) is 67.2 Å². The summed E-state index contributed by atoms with van der Waals surface area (Å²) >= 11 is 0. The van der Waals surface area contributed by atoms with Gasteiger partial charge in [0.25, 0.3) is 11.8 Å². The van der Waals surface area contributed by atoms with Crippen molar-refractivity contribution < 1.29 is 28.7 Å². The summed E-state index contributed by atoms with van der Waals surface area (Å²) in [5, 5.41) is 25.9. The summed E-state index contributed by atoms with van der Waals surface area (Å²) < 4.78 is 15.1. The molecule has 1 aromatic carbocycles. The Balaban J connectivity index is 0.769. The molecule has 1 saturated carbocycles. The number of imide groups is 2. The number of hydrogen-bond donors (Lipinski definition) is 4. The molecule has 5 heterocycles. The number of anilines is 2. The molecule has 2 aliphatic heterocycles. The zero-order valence-corrected chi connectivity index (χ0v) is 31.3. The molecule has 2 fully saturated rings. The number of carbonyl (C=O) groups excluding carboxylic acids is 4. The van der Waals surface area contributed by atoms with Crippen LogP contribution in [0.1, 0.15) is 96.8 Å². The van der Waals surface area contributed by atoms with Gasteiger partial charge in [0.05, 0.1) is 56.0 Å². The molecule has 55 heavy (non-hydrogen) atoms. The standard InChI is InChI=1S/C38H49N11O6/c1-3-24(4-2)30-21-33(49-32(43-30)12-13-41-49)42-26-9-8-25(20-26)40-22-27-23-47(46-45-27)15-17-55-19-18-54-16-14-39-29-7-5-6-28-35(29)38(53)48(37(28)52)31-10-11-34(50)44-36(31)51/h5-7,12-13,21,23-26,31,39-40,42H,3-4,8-11,14-20,22H2,1-2H3,(H,44,50,51)/t25-,26-,31?/m0/s1. The molecule has 4 aromatic rings. The number of carbonyl (C=O) groups is 4. The average molecular weight is 756 g/mol. The summed E-state index contributed by atoms with van der Waals surface area (Å²) in [6, 6.07) is 8.80. The van der Waals surface area contributed by atoms with Crippen LogP contribution in [0.25, 0.3) is 5.65 Å². The highest BCUT2D eigenvalue weighted by molar-refractivity contribution is 6.25. The minimum Gasteiger partial charge on any atom is -0.382 e. The van der Waals surface area contributed by atoms with E-state index in [2.05, 4.69) is 56.6 Å². The van der Waals surface area contributed by atoms with Gasteiger partial charge in [-0.1, -0.05) is 25.1 Å². The molecule has 7 rings (SSSR count). The number of amides is 4. The van der Waals surface area contributed by atoms with E-state index in [1.54, 1.807) is 29.1 Å². The van der Waals surface area contributed by atoms with Gasteiger partial charge < -0.3 is 25.4 Å². The van der Waals surface area contributed by atoms with Crippen molar-refractivity contribution in [3.8, 4) is 0 Å². The highest BCUT2D eigenvalue weighted by Gasteiger charge is 2.45. The monoisotopic (exact) mass is 755 g/mol. The maximum Gasteiger partial charge on any atom is 0.264 e. The number of piperidine rings is 1. The number of fused-ring (bicyclic) bond motifs is 2. The van der Waals surface area contributed by atoms with Crippen molar-refractivity contribution in [3.63, 3.8) is 0 Å². The van der Waals surface area contributed by atoms with Crippen molar-refractivity contribution in [1.29, 1.82) is 0 Å². The minimum absolute atomic E-state index is 0.0697. The lowest BCUT2D eigenvalue weighted by molar-refractivity contribution is -0.136. The molecule has 0 bridgehead atoms. The Morgan fingerprint density at radius 3 is 2.60 bits per heavy atom. The first-order chi connectivity index (χ1) is 26.8. The van der Waals surface area contributed by atoms with Crippen LogP contribution in [0.5, 0.6) is 0 Å². The molecule has 0 radical (unpaired) electrons. The summed E-state index contributed by atoms with van der Waals surface area (Å²) in [7, 11) is 0. The second-order valence-electron chi connectivity index (χ2n) is 14.2. The third-order valence-electron chi connectivity index (χ3n) is 10.6. The first-order valence-electron chi connectivity index (χ1n) is 19.3. The number of benzene rings is 1. The fourth-order valence-corrected chi connectivity index (χ4v) is 7.64. The molecular weight excluding hydrogens is 706 g/mol. The van der Waals surface area contributed by atoms with Crippen molar-refractivity contribution in [3.05, 3.63) is 65.2 Å². The van der Waals surface area contributed by atoms with E-state index in [9.17, 15) is 19.2 Å². The van der Waals surface area contributed by atoms with Crippen LogP contribution in [0.3, 0.4) is 0 Å². The van der Waals surface area contributed by atoms with Crippen LogP contribution in [0, 0.1) is 0 Å². The van der Waals surface area contributed by atoms with Gasteiger partial charge in [0.15, 0.2) is 5.65 Å². The Kier molecular flexibility index (Phi) is 12.1. The number of nitrogens with zero attached hydrogens (tertiary/aromatic N) is 7. The van der Waals surface area contributed by atoms with Crippen molar-refractivity contribution in [2.24, 2.45) is 0 Å². The van der Waals surface area contributed by atoms with Gasteiger partial charge in [-0.25, -0.2) is 9.67 Å². The largest absolute Gasteiger partial charge is 0.382 e. The third-order valence-corrected chi connectivity index (χ3v) is 10.6. The van der Waals surface area contributed by atoms with Crippen LogP contribution >= 0.6 is 0 Å². The molecule has 3 aromatic heterocycles. The maximum absolute atomic E-state index is 13.2. The topological polar surface area (TPSA) is 199 Å². The summed E-state index contributed by atoms with van der Waals surface area (Å²) in [4.78, 5) is 56.0. The molecule has 1 aliphatic carbocycles. The van der Waals surface area contributed by atoms with Crippen LogP contribution in [0.4, 0.5) is 11.5 Å². The SMILES string of the molecule is CCC(CC)c1cc(N[C@H]2CC[C@H](NCc3cn(CCOCCOCCNc4cccc5c4C(=O)N(C4CCC(=O)NC4=O)C5=O)nn3)C2)n2nccc2n1. The van der Waals surface area contributed by atoms with E-state index in [0.717, 1.165) is 59.9 Å². The molecular formula is C38H49N11O6. The lowest BCUT2D eigenvalue weighted by Crippen LogP contribution is -2.54. The number of aromatic nitrogens is 6. The summed E-state index contributed by atoms with van der Waals surface area (Å²) in [6.07, 6.45) is 9.19. The zero-order valence-electron chi connectivity index (χ0n) is 31.3. The molecule has 3 atom stereocenters. The first kappa shape index (κ1) is 38.0. The van der Waals surface area contributed by atoms with Crippen LogP contribution in [-0.4, -0.2) is 109 Å².